The van der Waals surface area contributed by atoms with E-state index >= 15 is 0 Å². The number of likely N-dealkylation sites (tertiary alicyclic amines) is 1. The summed E-state index contributed by atoms with van der Waals surface area (Å²) in [6.45, 7) is 2.13. The van der Waals surface area contributed by atoms with E-state index in [1.165, 1.54) is 4.90 Å². The number of alkyl halides is 3. The Morgan fingerprint density at radius 2 is 1.48 bits per heavy atom. The first kappa shape index (κ1) is 29.2. The number of aliphatic hydroxyl groups is 1. The Bertz CT molecular complexity index is 1220. The van der Waals surface area contributed by atoms with Gasteiger partial charge in [-0.2, -0.15) is 13.2 Å². The molecule has 0 spiro atoms. The summed E-state index contributed by atoms with van der Waals surface area (Å²) < 4.78 is 38.8. The average Bonchev–Trinajstić information content (AvgIpc) is 3.30. The number of piperidine rings is 2. The predicted octanol–water partition coefficient (Wildman–Crippen LogP) is 5.84. The van der Waals surface area contributed by atoms with E-state index < -0.39 is 12.1 Å². The highest BCUT2D eigenvalue weighted by molar-refractivity contribution is 6.36. The average molecular weight is 598 g/mol. The molecule has 3 saturated heterocycles. The number of halogens is 5. The summed E-state index contributed by atoms with van der Waals surface area (Å²) in [4.78, 5) is 27.4. The molecule has 11 heteroatoms. The van der Waals surface area contributed by atoms with Gasteiger partial charge in [0.15, 0.2) is 0 Å². The second-order valence-corrected chi connectivity index (χ2v) is 11.8. The van der Waals surface area contributed by atoms with Crippen LogP contribution in [-0.4, -0.2) is 76.8 Å². The van der Waals surface area contributed by atoms with Crippen molar-refractivity contribution in [2.45, 2.75) is 50.8 Å². The minimum atomic E-state index is -4.22. The molecule has 0 bridgehead atoms. The Morgan fingerprint density at radius 1 is 0.875 bits per heavy atom. The molecule has 3 aliphatic rings. The lowest BCUT2D eigenvalue weighted by Crippen LogP contribution is -2.49. The number of carbonyl (C=O) groups is 2. The lowest BCUT2D eigenvalue weighted by atomic mass is 9.95. The van der Waals surface area contributed by atoms with Gasteiger partial charge in [0.25, 0.3) is 5.91 Å². The third-order valence-corrected chi connectivity index (χ3v) is 9.05. The number of hydrazine groups is 1. The molecule has 40 heavy (non-hydrogen) atoms. The molecule has 0 unspecified atom stereocenters. The molecular formula is C29H32Cl2F3N3O3. The van der Waals surface area contributed by atoms with Crippen LogP contribution in [0.3, 0.4) is 0 Å². The molecule has 0 aliphatic carbocycles. The van der Waals surface area contributed by atoms with Crippen molar-refractivity contribution in [1.29, 1.82) is 0 Å². The van der Waals surface area contributed by atoms with E-state index in [0.717, 1.165) is 16.7 Å². The summed E-state index contributed by atoms with van der Waals surface area (Å²) in [5, 5.41) is 14.5. The molecule has 2 amide bonds. The molecule has 3 fully saturated rings. The van der Waals surface area contributed by atoms with Crippen LogP contribution < -0.4 is 0 Å². The molecule has 0 aromatic heterocycles. The molecule has 0 radical (unpaired) electrons. The van der Waals surface area contributed by atoms with Gasteiger partial charge in [-0.05, 0) is 79.5 Å². The predicted molar refractivity (Wildman–Crippen MR) is 147 cm³/mol. The Balaban J connectivity index is 1.22. The van der Waals surface area contributed by atoms with Gasteiger partial charge in [-0.15, -0.1) is 0 Å². The Morgan fingerprint density at radius 3 is 2.05 bits per heavy atom. The SMILES string of the molecule is O=C(c1ccc(-c2cc(Cl)c(C[C@@H]3CCN(N4CCC(O)CC4)C3=O)c(Cl)c2)cc1)N1CCC(C(F)(F)F)CC1. The van der Waals surface area contributed by atoms with Gasteiger partial charge < -0.3 is 10.0 Å². The fourth-order valence-electron chi connectivity index (χ4n) is 5.90. The molecule has 3 heterocycles. The molecule has 1 atom stereocenters. The number of nitrogens with zero attached hydrogens (tertiary/aromatic N) is 3. The largest absolute Gasteiger partial charge is 0.393 e. The maximum Gasteiger partial charge on any atom is 0.391 e. The summed E-state index contributed by atoms with van der Waals surface area (Å²) >= 11 is 13.3. The lowest BCUT2D eigenvalue weighted by Gasteiger charge is -2.36. The van der Waals surface area contributed by atoms with Gasteiger partial charge in [0, 0.05) is 54.3 Å². The number of benzene rings is 2. The Labute approximate surface area is 241 Å². The van der Waals surface area contributed by atoms with Crippen molar-refractivity contribution in [3.05, 3.63) is 57.6 Å². The molecule has 3 aliphatic heterocycles. The highest BCUT2D eigenvalue weighted by Gasteiger charge is 2.42. The maximum atomic E-state index is 13.1. The van der Waals surface area contributed by atoms with Crippen molar-refractivity contribution in [2.24, 2.45) is 11.8 Å². The van der Waals surface area contributed by atoms with Gasteiger partial charge in [0.2, 0.25) is 5.91 Å². The van der Waals surface area contributed by atoms with Crippen LogP contribution in [-0.2, 0) is 11.2 Å². The van der Waals surface area contributed by atoms with E-state index in [9.17, 15) is 27.9 Å². The Hall–Kier alpha value is -2.33. The smallest absolute Gasteiger partial charge is 0.391 e. The number of aliphatic hydroxyl groups excluding tert-OH is 1. The molecule has 2 aromatic carbocycles. The Kier molecular flexibility index (Phi) is 8.66. The van der Waals surface area contributed by atoms with E-state index in [1.807, 2.05) is 5.01 Å². The van der Waals surface area contributed by atoms with Crippen LogP contribution in [0.15, 0.2) is 36.4 Å². The van der Waals surface area contributed by atoms with Gasteiger partial charge >= 0.3 is 6.18 Å². The molecule has 1 N–H and O–H groups in total. The minimum absolute atomic E-state index is 0.0514. The first-order chi connectivity index (χ1) is 19.0. The minimum Gasteiger partial charge on any atom is -0.393 e. The van der Waals surface area contributed by atoms with E-state index in [4.69, 9.17) is 23.2 Å². The van der Waals surface area contributed by atoms with Crippen molar-refractivity contribution < 1.29 is 27.9 Å². The summed E-state index contributed by atoms with van der Waals surface area (Å²) in [5.41, 5.74) is 2.68. The molecule has 6 nitrogen and oxygen atoms in total. The standard InChI is InChI=1S/C29H32Cl2F3N3O3/c30-25-16-21(18-1-3-19(4-2-18)27(39)35-10-6-22(7-11-35)29(32,33)34)17-26(31)24(25)15-20-5-14-37(28(20)40)36-12-8-23(38)9-13-36/h1-4,16-17,20,22-23,38H,5-15H2/t20-/m0/s1. The third-order valence-electron chi connectivity index (χ3n) is 8.38. The molecule has 2 aromatic rings. The number of hydrogen-bond acceptors (Lipinski definition) is 4. The number of rotatable bonds is 5. The molecule has 216 valence electrons. The van der Waals surface area contributed by atoms with Gasteiger partial charge in [0.1, 0.15) is 0 Å². The summed E-state index contributed by atoms with van der Waals surface area (Å²) in [7, 11) is 0. The maximum absolute atomic E-state index is 13.1. The van der Waals surface area contributed by atoms with E-state index in [1.54, 1.807) is 41.4 Å². The van der Waals surface area contributed by atoms with E-state index in [2.05, 4.69) is 0 Å². The van der Waals surface area contributed by atoms with Gasteiger partial charge in [-0.3, -0.25) is 14.6 Å². The zero-order valence-electron chi connectivity index (χ0n) is 22.0. The number of amides is 2. The van der Waals surface area contributed by atoms with E-state index in [-0.39, 0.29) is 49.8 Å². The highest BCUT2D eigenvalue weighted by atomic mass is 35.5. The lowest BCUT2D eigenvalue weighted by molar-refractivity contribution is -0.183. The van der Waals surface area contributed by atoms with Crippen molar-refractivity contribution in [2.75, 3.05) is 32.7 Å². The number of carbonyl (C=O) groups excluding carboxylic acids is 2. The van der Waals surface area contributed by atoms with Crippen LogP contribution in [0.25, 0.3) is 11.1 Å². The van der Waals surface area contributed by atoms with Crippen LogP contribution in [0, 0.1) is 11.8 Å². The van der Waals surface area contributed by atoms with Crippen LogP contribution in [0.1, 0.15) is 48.0 Å². The van der Waals surface area contributed by atoms with Gasteiger partial charge in [-0.25, -0.2) is 5.01 Å². The third kappa shape index (κ3) is 6.27. The molecular weight excluding hydrogens is 566 g/mol. The molecule has 5 rings (SSSR count). The molecule has 0 saturated carbocycles. The topological polar surface area (TPSA) is 64.1 Å². The highest BCUT2D eigenvalue weighted by Crippen LogP contribution is 2.37. The van der Waals surface area contributed by atoms with Crippen molar-refractivity contribution in [1.82, 2.24) is 14.9 Å². The first-order valence-corrected chi connectivity index (χ1v) is 14.5. The normalized spacial score (nSPS) is 21.9. The quantitative estimate of drug-likeness (QED) is 0.470. The van der Waals surface area contributed by atoms with Crippen molar-refractivity contribution in [3.63, 3.8) is 0 Å². The second kappa shape index (κ2) is 11.9. The van der Waals surface area contributed by atoms with Gasteiger partial charge in [-0.1, -0.05) is 35.3 Å². The van der Waals surface area contributed by atoms with E-state index in [0.29, 0.717) is 60.9 Å². The fraction of sp³-hybridized carbons (Fsp3) is 0.517. The summed E-state index contributed by atoms with van der Waals surface area (Å²) in [6.07, 6.45) is -2.24. The van der Waals surface area contributed by atoms with Crippen LogP contribution in [0.2, 0.25) is 10.0 Å². The van der Waals surface area contributed by atoms with Crippen molar-refractivity contribution in [3.8, 4) is 11.1 Å². The zero-order valence-corrected chi connectivity index (χ0v) is 23.5. The first-order valence-electron chi connectivity index (χ1n) is 13.7. The number of hydrogen-bond donors (Lipinski definition) is 1. The summed E-state index contributed by atoms with van der Waals surface area (Å²) in [6, 6.07) is 10.5. The monoisotopic (exact) mass is 597 g/mol. The van der Waals surface area contributed by atoms with Crippen LogP contribution >= 0.6 is 23.2 Å². The summed E-state index contributed by atoms with van der Waals surface area (Å²) in [5.74, 6) is -1.81. The van der Waals surface area contributed by atoms with Crippen LogP contribution in [0.5, 0.6) is 0 Å². The second-order valence-electron chi connectivity index (χ2n) is 10.9. The zero-order chi connectivity index (χ0) is 28.6. The van der Waals surface area contributed by atoms with Gasteiger partial charge in [0.05, 0.1) is 12.0 Å². The fourth-order valence-corrected chi connectivity index (χ4v) is 6.54. The van der Waals surface area contributed by atoms with Crippen molar-refractivity contribution >= 4 is 35.0 Å². The van der Waals surface area contributed by atoms with Crippen LogP contribution in [0.4, 0.5) is 13.2 Å².